The third-order valence-electron chi connectivity index (χ3n) is 4.15. The number of anilines is 1. The molecule has 0 radical (unpaired) electrons. The Morgan fingerprint density at radius 2 is 1.93 bits per heavy atom. The first-order valence-corrected chi connectivity index (χ1v) is 8.32. The van der Waals surface area contributed by atoms with Crippen LogP contribution in [-0.4, -0.2) is 21.9 Å². The third kappa shape index (κ3) is 3.64. The molecule has 0 amide bonds. The van der Waals surface area contributed by atoms with Crippen molar-refractivity contribution in [2.75, 3.05) is 12.4 Å². The van der Waals surface area contributed by atoms with Crippen LogP contribution in [0, 0.1) is 0 Å². The van der Waals surface area contributed by atoms with E-state index in [1.165, 1.54) is 0 Å². The molecule has 4 aromatic rings. The first kappa shape index (κ1) is 17.9. The molecule has 2 heterocycles. The van der Waals surface area contributed by atoms with Crippen LogP contribution in [0.1, 0.15) is 11.1 Å². The van der Waals surface area contributed by atoms with E-state index in [2.05, 4.69) is 15.4 Å². The maximum atomic E-state index is 12.7. The Morgan fingerprint density at radius 1 is 1.14 bits per heavy atom. The van der Waals surface area contributed by atoms with Gasteiger partial charge in [-0.3, -0.25) is 0 Å². The average molecular weight is 388 g/mol. The van der Waals surface area contributed by atoms with Crippen molar-refractivity contribution in [2.45, 2.75) is 12.7 Å². The second-order valence-electron chi connectivity index (χ2n) is 6.04. The molecule has 0 saturated heterocycles. The smallest absolute Gasteiger partial charge is 0.419 e. The van der Waals surface area contributed by atoms with E-state index in [1.807, 2.05) is 24.3 Å². The molecule has 0 aliphatic heterocycles. The van der Waals surface area contributed by atoms with E-state index in [1.54, 1.807) is 25.3 Å². The Hall–Kier alpha value is -3.49. The van der Waals surface area contributed by atoms with Gasteiger partial charge in [-0.05, 0) is 35.9 Å². The number of nitrogens with zero attached hydrogens (tertiary/aromatic N) is 3. The number of fused-ring (bicyclic) bond motifs is 1. The summed E-state index contributed by atoms with van der Waals surface area (Å²) in [7, 11) is 1.60. The lowest BCUT2D eigenvalue weighted by Gasteiger charge is -2.03. The maximum Gasteiger partial charge on any atom is 0.419 e. The zero-order chi connectivity index (χ0) is 19.7. The molecule has 4 rings (SSSR count). The van der Waals surface area contributed by atoms with Crippen molar-refractivity contribution in [3.63, 3.8) is 0 Å². The summed E-state index contributed by atoms with van der Waals surface area (Å²) in [5.41, 5.74) is 1.69. The zero-order valence-corrected chi connectivity index (χ0v) is 14.7. The van der Waals surface area contributed by atoms with Crippen LogP contribution in [0.25, 0.3) is 16.8 Å². The molecule has 144 valence electrons. The Bertz CT molecular complexity index is 1100. The normalized spacial score (nSPS) is 11.7. The number of halogens is 3. The largest absolute Gasteiger partial charge is 0.497 e. The van der Waals surface area contributed by atoms with Crippen molar-refractivity contribution < 1.29 is 22.3 Å². The van der Waals surface area contributed by atoms with Crippen molar-refractivity contribution >= 4 is 17.1 Å². The van der Waals surface area contributed by atoms with Gasteiger partial charge in [0.05, 0.1) is 24.6 Å². The van der Waals surface area contributed by atoms with E-state index >= 15 is 0 Å². The van der Waals surface area contributed by atoms with Crippen LogP contribution in [0.2, 0.25) is 0 Å². The highest BCUT2D eigenvalue weighted by molar-refractivity contribution is 5.77. The molecule has 2 aromatic heterocycles. The summed E-state index contributed by atoms with van der Waals surface area (Å²) in [5, 5.41) is 6.85. The van der Waals surface area contributed by atoms with Crippen molar-refractivity contribution in [2.24, 2.45) is 0 Å². The van der Waals surface area contributed by atoms with Crippen LogP contribution >= 0.6 is 0 Å². The number of rotatable bonds is 5. The minimum atomic E-state index is -4.44. The third-order valence-corrected chi connectivity index (χ3v) is 4.15. The van der Waals surface area contributed by atoms with Crippen LogP contribution in [0.5, 0.6) is 5.75 Å². The molecule has 0 atom stereocenters. The second-order valence-corrected chi connectivity index (χ2v) is 6.04. The van der Waals surface area contributed by atoms with E-state index in [0.29, 0.717) is 29.3 Å². The van der Waals surface area contributed by atoms with Crippen molar-refractivity contribution in [3.05, 3.63) is 66.0 Å². The fraction of sp³-hybridized carbons (Fsp3) is 0.158. The average Bonchev–Trinajstić information content (AvgIpc) is 3.32. The van der Waals surface area contributed by atoms with Gasteiger partial charge < -0.3 is 14.5 Å². The summed E-state index contributed by atoms with van der Waals surface area (Å²) in [5.74, 6) is 0.769. The predicted molar refractivity (Wildman–Crippen MR) is 96.5 cm³/mol. The van der Waals surface area contributed by atoms with Gasteiger partial charge in [0.2, 0.25) is 0 Å². The van der Waals surface area contributed by atoms with E-state index in [9.17, 15) is 13.2 Å². The molecule has 28 heavy (non-hydrogen) atoms. The Kier molecular flexibility index (Phi) is 4.42. The molecule has 6 nitrogen and oxygen atoms in total. The first-order valence-electron chi connectivity index (χ1n) is 8.32. The van der Waals surface area contributed by atoms with E-state index < -0.39 is 11.7 Å². The lowest BCUT2D eigenvalue weighted by Crippen LogP contribution is -2.02. The molecule has 0 fully saturated rings. The fourth-order valence-corrected chi connectivity index (χ4v) is 2.67. The summed E-state index contributed by atoms with van der Waals surface area (Å²) in [6.07, 6.45) is -2.71. The quantitative estimate of drug-likeness (QED) is 0.539. The Balaban J connectivity index is 1.52. The molecule has 0 saturated carbocycles. The van der Waals surface area contributed by atoms with Crippen LogP contribution in [-0.2, 0) is 12.7 Å². The number of hydrogen-bond donors (Lipinski definition) is 1. The summed E-state index contributed by atoms with van der Waals surface area (Å²) in [6, 6.07) is 12.7. The van der Waals surface area contributed by atoms with E-state index in [0.717, 1.165) is 28.4 Å². The molecule has 0 bridgehead atoms. The lowest BCUT2D eigenvalue weighted by molar-refractivity contribution is -0.137. The zero-order valence-electron chi connectivity index (χ0n) is 14.7. The fourth-order valence-electron chi connectivity index (χ4n) is 2.67. The molecule has 0 aliphatic carbocycles. The second kappa shape index (κ2) is 6.91. The van der Waals surface area contributed by atoms with Crippen molar-refractivity contribution in [3.8, 4) is 11.4 Å². The van der Waals surface area contributed by atoms with Crippen LogP contribution in [0.4, 0.5) is 19.2 Å². The Labute approximate surface area is 157 Å². The SMILES string of the molecule is COc1ccc(CNc2nc3cc(-n4cc(C(F)(F)F)cn4)ccc3o2)cc1. The number of nitrogens with one attached hydrogen (secondary N) is 1. The number of ether oxygens (including phenoxy) is 1. The molecular weight excluding hydrogens is 373 g/mol. The molecule has 0 aliphatic rings. The standard InChI is InChI=1S/C19H15F3N4O2/c1-27-15-5-2-12(3-6-15)9-23-18-25-16-8-14(4-7-17(16)28-18)26-11-13(10-24-26)19(20,21)22/h2-8,10-11H,9H2,1H3,(H,23,25). The molecule has 2 aromatic carbocycles. The topological polar surface area (TPSA) is 65.1 Å². The molecule has 0 unspecified atom stereocenters. The molecule has 0 spiro atoms. The predicted octanol–water partition coefficient (Wildman–Crippen LogP) is 4.65. The van der Waals surface area contributed by atoms with Gasteiger partial charge in [0.25, 0.3) is 6.01 Å². The molecule has 1 N–H and O–H groups in total. The number of benzene rings is 2. The van der Waals surface area contributed by atoms with E-state index in [4.69, 9.17) is 9.15 Å². The summed E-state index contributed by atoms with van der Waals surface area (Å²) >= 11 is 0. The lowest BCUT2D eigenvalue weighted by atomic mass is 10.2. The minimum Gasteiger partial charge on any atom is -0.497 e. The first-order chi connectivity index (χ1) is 13.4. The van der Waals surface area contributed by atoms with Crippen molar-refractivity contribution in [1.29, 1.82) is 0 Å². The summed E-state index contributed by atoms with van der Waals surface area (Å²) in [6.45, 7) is 0.498. The number of oxazole rings is 1. The highest BCUT2D eigenvalue weighted by Gasteiger charge is 2.32. The number of aromatic nitrogens is 3. The van der Waals surface area contributed by atoms with Gasteiger partial charge in [-0.2, -0.15) is 23.3 Å². The van der Waals surface area contributed by atoms with Gasteiger partial charge in [0.1, 0.15) is 11.3 Å². The molecule has 9 heteroatoms. The van der Waals surface area contributed by atoms with Gasteiger partial charge >= 0.3 is 6.18 Å². The van der Waals surface area contributed by atoms with Gasteiger partial charge in [0.15, 0.2) is 5.58 Å². The van der Waals surface area contributed by atoms with Gasteiger partial charge in [0, 0.05) is 12.7 Å². The van der Waals surface area contributed by atoms with Crippen LogP contribution < -0.4 is 10.1 Å². The number of methoxy groups -OCH3 is 1. The van der Waals surface area contributed by atoms with Gasteiger partial charge in [-0.25, -0.2) is 4.68 Å². The monoisotopic (exact) mass is 388 g/mol. The number of alkyl halides is 3. The van der Waals surface area contributed by atoms with Crippen LogP contribution in [0.15, 0.2) is 59.3 Å². The van der Waals surface area contributed by atoms with Crippen LogP contribution in [0.3, 0.4) is 0 Å². The summed E-state index contributed by atoms with van der Waals surface area (Å²) < 4.78 is 50.1. The highest BCUT2D eigenvalue weighted by atomic mass is 19.4. The summed E-state index contributed by atoms with van der Waals surface area (Å²) in [4.78, 5) is 4.34. The molecular formula is C19H15F3N4O2. The highest BCUT2D eigenvalue weighted by Crippen LogP contribution is 2.29. The maximum absolute atomic E-state index is 12.7. The van der Waals surface area contributed by atoms with Gasteiger partial charge in [-0.15, -0.1) is 0 Å². The van der Waals surface area contributed by atoms with Gasteiger partial charge in [-0.1, -0.05) is 12.1 Å². The Morgan fingerprint density at radius 3 is 2.61 bits per heavy atom. The van der Waals surface area contributed by atoms with Crippen molar-refractivity contribution in [1.82, 2.24) is 14.8 Å². The number of hydrogen-bond acceptors (Lipinski definition) is 5. The minimum absolute atomic E-state index is 0.319. The van der Waals surface area contributed by atoms with E-state index in [-0.39, 0.29) is 0 Å².